The van der Waals surface area contributed by atoms with Gasteiger partial charge < -0.3 is 20.1 Å². The van der Waals surface area contributed by atoms with Crippen LogP contribution in [0.5, 0.6) is 11.5 Å². The molecule has 0 radical (unpaired) electrons. The molecule has 3 rings (SSSR count). The van der Waals surface area contributed by atoms with Crippen molar-refractivity contribution in [2.24, 2.45) is 0 Å². The zero-order chi connectivity index (χ0) is 16.4. The number of hydrogen-bond acceptors (Lipinski definition) is 4. The smallest absolute Gasteiger partial charge is 0.261 e. The molecule has 5 nitrogen and oxygen atoms in total. The van der Waals surface area contributed by atoms with Crippen LogP contribution in [0.1, 0.15) is 11.1 Å². The van der Waals surface area contributed by atoms with E-state index in [1.807, 2.05) is 48.5 Å². The standard InChI is InChI=1S/C17H16N2O3S/c1-21-13-7-3-11(4-8-13)17(15(20)18-16(23)19-17)12-5-9-14(22-2)10-6-12/h3-10H,1-2H3,(H2,18,19,20,23). The Balaban J connectivity index is 2.13. The van der Waals surface area contributed by atoms with Crippen molar-refractivity contribution in [3.63, 3.8) is 0 Å². The van der Waals surface area contributed by atoms with E-state index in [0.29, 0.717) is 5.11 Å². The number of methoxy groups -OCH3 is 2. The van der Waals surface area contributed by atoms with Crippen LogP contribution in [0.2, 0.25) is 0 Å². The second-order valence-electron chi connectivity index (χ2n) is 5.12. The maximum atomic E-state index is 12.7. The van der Waals surface area contributed by atoms with Gasteiger partial charge in [-0.1, -0.05) is 24.3 Å². The van der Waals surface area contributed by atoms with Gasteiger partial charge in [-0.05, 0) is 47.6 Å². The van der Waals surface area contributed by atoms with Crippen LogP contribution in [0.4, 0.5) is 0 Å². The van der Waals surface area contributed by atoms with Gasteiger partial charge in [0.15, 0.2) is 10.7 Å². The minimum absolute atomic E-state index is 0.210. The highest BCUT2D eigenvalue weighted by Gasteiger charge is 2.47. The van der Waals surface area contributed by atoms with Crippen LogP contribution in [0.25, 0.3) is 0 Å². The Morgan fingerprint density at radius 1 is 0.870 bits per heavy atom. The monoisotopic (exact) mass is 328 g/mol. The highest BCUT2D eigenvalue weighted by molar-refractivity contribution is 7.80. The molecule has 1 aliphatic heterocycles. The summed E-state index contributed by atoms with van der Waals surface area (Å²) in [6, 6.07) is 14.7. The first-order chi connectivity index (χ1) is 11.1. The first-order valence-electron chi connectivity index (χ1n) is 7.03. The number of nitrogens with one attached hydrogen (secondary N) is 2. The Hall–Kier alpha value is -2.60. The Labute approximate surface area is 139 Å². The van der Waals surface area contributed by atoms with E-state index < -0.39 is 5.54 Å². The van der Waals surface area contributed by atoms with Crippen LogP contribution >= 0.6 is 12.2 Å². The summed E-state index contributed by atoms with van der Waals surface area (Å²) >= 11 is 5.15. The summed E-state index contributed by atoms with van der Waals surface area (Å²) in [6.45, 7) is 0. The van der Waals surface area contributed by atoms with Crippen LogP contribution < -0.4 is 20.1 Å². The quantitative estimate of drug-likeness (QED) is 0.840. The number of hydrogen-bond donors (Lipinski definition) is 2. The maximum absolute atomic E-state index is 12.7. The summed E-state index contributed by atoms with van der Waals surface area (Å²) in [4.78, 5) is 12.7. The summed E-state index contributed by atoms with van der Waals surface area (Å²) < 4.78 is 10.4. The van der Waals surface area contributed by atoms with Crippen molar-refractivity contribution in [2.75, 3.05) is 14.2 Å². The van der Waals surface area contributed by atoms with Gasteiger partial charge in [-0.3, -0.25) is 4.79 Å². The van der Waals surface area contributed by atoms with E-state index in [9.17, 15) is 4.79 Å². The minimum atomic E-state index is -1.06. The van der Waals surface area contributed by atoms with Gasteiger partial charge in [0.05, 0.1) is 14.2 Å². The van der Waals surface area contributed by atoms with Crippen LogP contribution in [0, 0.1) is 0 Å². The lowest BCUT2D eigenvalue weighted by Crippen LogP contribution is -2.44. The van der Waals surface area contributed by atoms with Gasteiger partial charge in [0.2, 0.25) is 0 Å². The van der Waals surface area contributed by atoms with Gasteiger partial charge in [0, 0.05) is 0 Å². The minimum Gasteiger partial charge on any atom is -0.497 e. The summed E-state index contributed by atoms with van der Waals surface area (Å²) in [5, 5.41) is 6.10. The van der Waals surface area contributed by atoms with E-state index in [2.05, 4.69) is 10.6 Å². The van der Waals surface area contributed by atoms with Gasteiger partial charge >= 0.3 is 0 Å². The van der Waals surface area contributed by atoms with E-state index in [-0.39, 0.29) is 5.91 Å². The molecule has 2 aromatic rings. The van der Waals surface area contributed by atoms with E-state index in [4.69, 9.17) is 21.7 Å². The molecule has 0 bridgehead atoms. The average molecular weight is 328 g/mol. The number of carbonyl (C=O) groups is 1. The predicted molar refractivity (Wildman–Crippen MR) is 90.6 cm³/mol. The van der Waals surface area contributed by atoms with E-state index >= 15 is 0 Å². The molecular weight excluding hydrogens is 312 g/mol. The first kappa shape index (κ1) is 15.3. The summed E-state index contributed by atoms with van der Waals surface area (Å²) in [5.74, 6) is 1.23. The number of thiocarbonyl (C=S) groups is 1. The molecular formula is C17H16N2O3S. The molecule has 2 N–H and O–H groups in total. The molecule has 1 aliphatic rings. The van der Waals surface area contributed by atoms with Crippen molar-refractivity contribution in [1.29, 1.82) is 0 Å². The Morgan fingerprint density at radius 3 is 1.61 bits per heavy atom. The Bertz CT molecular complexity index is 694. The molecule has 1 fully saturated rings. The SMILES string of the molecule is COc1ccc(C2(c3ccc(OC)cc3)NC(=S)NC2=O)cc1. The highest BCUT2D eigenvalue weighted by Crippen LogP contribution is 2.34. The summed E-state index contributed by atoms with van der Waals surface area (Å²) in [7, 11) is 3.20. The van der Waals surface area contributed by atoms with Crippen molar-refractivity contribution in [2.45, 2.75) is 5.54 Å². The molecule has 1 amide bonds. The molecule has 2 aromatic carbocycles. The zero-order valence-electron chi connectivity index (χ0n) is 12.8. The predicted octanol–water partition coefficient (Wildman–Crippen LogP) is 1.95. The first-order valence-corrected chi connectivity index (χ1v) is 7.43. The molecule has 0 saturated carbocycles. The van der Waals surface area contributed by atoms with Crippen LogP contribution in [-0.2, 0) is 10.3 Å². The lowest BCUT2D eigenvalue weighted by Gasteiger charge is -2.28. The fraction of sp³-hybridized carbons (Fsp3) is 0.176. The molecule has 0 aliphatic carbocycles. The third kappa shape index (κ3) is 2.51. The fourth-order valence-electron chi connectivity index (χ4n) is 2.71. The van der Waals surface area contributed by atoms with Gasteiger partial charge in [-0.25, -0.2) is 0 Å². The van der Waals surface area contributed by atoms with Gasteiger partial charge in [0.1, 0.15) is 11.5 Å². The summed E-state index contributed by atoms with van der Waals surface area (Å²) in [5.41, 5.74) is 0.497. The average Bonchev–Trinajstić information content (AvgIpc) is 2.90. The Morgan fingerprint density at radius 2 is 1.30 bits per heavy atom. The molecule has 0 unspecified atom stereocenters. The van der Waals surface area contributed by atoms with E-state index in [1.165, 1.54) is 0 Å². The third-order valence-electron chi connectivity index (χ3n) is 3.91. The lowest BCUT2D eigenvalue weighted by molar-refractivity contribution is -0.122. The molecule has 0 aromatic heterocycles. The zero-order valence-corrected chi connectivity index (χ0v) is 13.6. The normalized spacial score (nSPS) is 15.7. The topological polar surface area (TPSA) is 59.6 Å². The van der Waals surface area contributed by atoms with E-state index in [1.54, 1.807) is 14.2 Å². The van der Waals surface area contributed by atoms with Crippen LogP contribution in [0.3, 0.4) is 0 Å². The second kappa shape index (κ2) is 5.89. The van der Waals surface area contributed by atoms with Crippen molar-refractivity contribution in [3.8, 4) is 11.5 Å². The maximum Gasteiger partial charge on any atom is 0.261 e. The van der Waals surface area contributed by atoms with Crippen LogP contribution in [0.15, 0.2) is 48.5 Å². The van der Waals surface area contributed by atoms with Gasteiger partial charge in [-0.15, -0.1) is 0 Å². The number of carbonyl (C=O) groups excluding carboxylic acids is 1. The number of ether oxygens (including phenoxy) is 2. The number of amides is 1. The molecule has 0 atom stereocenters. The van der Waals surface area contributed by atoms with Crippen molar-refractivity contribution < 1.29 is 14.3 Å². The number of benzene rings is 2. The fourth-order valence-corrected chi connectivity index (χ4v) is 2.96. The third-order valence-corrected chi connectivity index (χ3v) is 4.12. The van der Waals surface area contributed by atoms with Crippen molar-refractivity contribution in [1.82, 2.24) is 10.6 Å². The van der Waals surface area contributed by atoms with Gasteiger partial charge in [0.25, 0.3) is 5.91 Å². The van der Waals surface area contributed by atoms with Crippen molar-refractivity contribution >= 4 is 23.2 Å². The molecule has 118 valence electrons. The summed E-state index contributed by atoms with van der Waals surface area (Å²) in [6.07, 6.45) is 0. The lowest BCUT2D eigenvalue weighted by atomic mass is 9.83. The highest BCUT2D eigenvalue weighted by atomic mass is 32.1. The number of rotatable bonds is 4. The molecule has 23 heavy (non-hydrogen) atoms. The Kier molecular flexibility index (Phi) is 3.92. The second-order valence-corrected chi connectivity index (χ2v) is 5.52. The van der Waals surface area contributed by atoms with E-state index in [0.717, 1.165) is 22.6 Å². The molecule has 1 heterocycles. The van der Waals surface area contributed by atoms with Gasteiger partial charge in [-0.2, -0.15) is 0 Å². The molecule has 1 saturated heterocycles. The largest absolute Gasteiger partial charge is 0.497 e. The molecule has 6 heteroatoms. The molecule has 0 spiro atoms. The van der Waals surface area contributed by atoms with Crippen molar-refractivity contribution in [3.05, 3.63) is 59.7 Å². The van der Waals surface area contributed by atoms with Crippen LogP contribution in [-0.4, -0.2) is 25.2 Å².